The number of benzene rings is 1. The molecule has 1 aromatic carbocycles. The highest BCUT2D eigenvalue weighted by Gasteiger charge is 2.25. The first kappa shape index (κ1) is 14.3. The molecule has 1 fully saturated rings. The van der Waals surface area contributed by atoms with Crippen LogP contribution in [0.5, 0.6) is 0 Å². The van der Waals surface area contributed by atoms with E-state index in [4.69, 9.17) is 0 Å². The van der Waals surface area contributed by atoms with Crippen molar-refractivity contribution in [2.45, 2.75) is 38.3 Å². The smallest absolute Gasteiger partial charge is 0.0991 e. The molecule has 4 nitrogen and oxygen atoms in total. The minimum absolute atomic E-state index is 0.117. The highest BCUT2D eigenvalue weighted by atomic mass is 16.3. The third kappa shape index (κ3) is 3.34. The Morgan fingerprint density at radius 2 is 2.14 bits per heavy atom. The lowest BCUT2D eigenvalue weighted by atomic mass is 10.0. The maximum atomic E-state index is 9.87. The molecule has 1 aliphatic rings. The highest BCUT2D eigenvalue weighted by Crippen LogP contribution is 2.25. The maximum Gasteiger partial charge on any atom is 0.0991 e. The molecule has 2 aromatic rings. The summed E-state index contributed by atoms with van der Waals surface area (Å²) in [5.41, 5.74) is 2.39. The Hall–Kier alpha value is -1.65. The van der Waals surface area contributed by atoms with Gasteiger partial charge in [0.25, 0.3) is 0 Å². The van der Waals surface area contributed by atoms with Crippen LogP contribution >= 0.6 is 0 Å². The van der Waals surface area contributed by atoms with E-state index >= 15 is 0 Å². The van der Waals surface area contributed by atoms with Crippen LogP contribution in [0.3, 0.4) is 0 Å². The van der Waals surface area contributed by atoms with Crippen LogP contribution in [0, 0.1) is 5.92 Å². The third-order valence-electron chi connectivity index (χ3n) is 4.50. The van der Waals surface area contributed by atoms with Gasteiger partial charge >= 0.3 is 0 Å². The van der Waals surface area contributed by atoms with Gasteiger partial charge in [-0.15, -0.1) is 0 Å². The summed E-state index contributed by atoms with van der Waals surface area (Å²) in [6.45, 7) is 3.07. The van der Waals surface area contributed by atoms with Crippen LogP contribution in [-0.4, -0.2) is 27.3 Å². The SMILES string of the molecule is CC(NCC1CCCC1O)c1ccc(-n2ccnc2)cc1. The van der Waals surface area contributed by atoms with E-state index in [1.165, 1.54) is 5.56 Å². The topological polar surface area (TPSA) is 50.1 Å². The fraction of sp³-hybridized carbons (Fsp3) is 0.471. The van der Waals surface area contributed by atoms with E-state index in [1.807, 2.05) is 10.8 Å². The summed E-state index contributed by atoms with van der Waals surface area (Å²) in [5, 5.41) is 13.4. The summed E-state index contributed by atoms with van der Waals surface area (Å²) in [7, 11) is 0. The molecule has 0 spiro atoms. The molecule has 0 aliphatic heterocycles. The van der Waals surface area contributed by atoms with Crippen molar-refractivity contribution in [3.63, 3.8) is 0 Å². The van der Waals surface area contributed by atoms with E-state index in [2.05, 4.69) is 41.5 Å². The van der Waals surface area contributed by atoms with Gasteiger partial charge in [-0.3, -0.25) is 0 Å². The van der Waals surface area contributed by atoms with Gasteiger partial charge in [0.1, 0.15) is 0 Å². The van der Waals surface area contributed by atoms with Crippen molar-refractivity contribution < 1.29 is 5.11 Å². The summed E-state index contributed by atoms with van der Waals surface area (Å²) in [6, 6.07) is 8.82. The highest BCUT2D eigenvalue weighted by molar-refractivity contribution is 5.35. The molecule has 1 aromatic heterocycles. The summed E-state index contributed by atoms with van der Waals surface area (Å²) >= 11 is 0. The Bertz CT molecular complexity index is 550. The second kappa shape index (κ2) is 6.41. The Balaban J connectivity index is 1.58. The number of imidazole rings is 1. The van der Waals surface area contributed by atoms with E-state index in [9.17, 15) is 5.11 Å². The molecule has 21 heavy (non-hydrogen) atoms. The van der Waals surface area contributed by atoms with Crippen molar-refractivity contribution >= 4 is 0 Å². The first-order chi connectivity index (χ1) is 10.2. The first-order valence-corrected chi connectivity index (χ1v) is 7.74. The van der Waals surface area contributed by atoms with Gasteiger partial charge < -0.3 is 15.0 Å². The number of aromatic nitrogens is 2. The number of hydrogen-bond donors (Lipinski definition) is 2. The summed E-state index contributed by atoms with van der Waals surface area (Å²) in [6.07, 6.45) is 8.66. The zero-order valence-corrected chi connectivity index (χ0v) is 12.4. The third-order valence-corrected chi connectivity index (χ3v) is 4.50. The normalized spacial score (nSPS) is 23.3. The zero-order chi connectivity index (χ0) is 14.7. The number of aliphatic hydroxyl groups is 1. The van der Waals surface area contributed by atoms with Crippen molar-refractivity contribution in [2.75, 3.05) is 6.54 Å². The van der Waals surface area contributed by atoms with Crippen LogP contribution in [0.2, 0.25) is 0 Å². The van der Waals surface area contributed by atoms with Crippen LogP contribution in [-0.2, 0) is 0 Å². The lowest BCUT2D eigenvalue weighted by Gasteiger charge is -2.20. The lowest BCUT2D eigenvalue weighted by Crippen LogP contribution is -2.29. The Morgan fingerprint density at radius 3 is 2.76 bits per heavy atom. The standard InChI is InChI=1S/C17H23N3O/c1-13(19-11-15-3-2-4-17(15)21)14-5-7-16(8-6-14)20-10-9-18-12-20/h5-10,12-13,15,17,19,21H,2-4,11H2,1H3. The number of nitrogens with zero attached hydrogens (tertiary/aromatic N) is 2. The quantitative estimate of drug-likeness (QED) is 0.888. The second-order valence-corrected chi connectivity index (χ2v) is 5.95. The number of hydrogen-bond acceptors (Lipinski definition) is 3. The molecular weight excluding hydrogens is 262 g/mol. The minimum Gasteiger partial charge on any atom is -0.393 e. The van der Waals surface area contributed by atoms with Gasteiger partial charge in [0, 0.05) is 30.7 Å². The molecule has 1 saturated carbocycles. The van der Waals surface area contributed by atoms with E-state index in [0.29, 0.717) is 12.0 Å². The molecule has 0 saturated heterocycles. The van der Waals surface area contributed by atoms with Gasteiger partial charge in [-0.05, 0) is 43.4 Å². The molecule has 3 unspecified atom stereocenters. The van der Waals surface area contributed by atoms with Gasteiger partial charge in [0.2, 0.25) is 0 Å². The number of nitrogens with one attached hydrogen (secondary N) is 1. The molecule has 112 valence electrons. The predicted molar refractivity (Wildman–Crippen MR) is 83.3 cm³/mol. The molecule has 3 atom stereocenters. The van der Waals surface area contributed by atoms with Gasteiger partial charge in [0.05, 0.1) is 12.4 Å². The molecule has 4 heteroatoms. The fourth-order valence-electron chi connectivity index (χ4n) is 3.05. The maximum absolute atomic E-state index is 9.87. The second-order valence-electron chi connectivity index (χ2n) is 5.95. The molecule has 3 rings (SSSR count). The van der Waals surface area contributed by atoms with E-state index in [1.54, 1.807) is 12.5 Å². The zero-order valence-electron chi connectivity index (χ0n) is 12.4. The largest absolute Gasteiger partial charge is 0.393 e. The van der Waals surface area contributed by atoms with Crippen LogP contribution in [0.4, 0.5) is 0 Å². The molecule has 1 aliphatic carbocycles. The number of aliphatic hydroxyl groups excluding tert-OH is 1. The summed E-state index contributed by atoms with van der Waals surface area (Å²) < 4.78 is 2.00. The summed E-state index contributed by atoms with van der Waals surface area (Å²) in [4.78, 5) is 4.06. The molecule has 1 heterocycles. The average Bonchev–Trinajstić information content (AvgIpc) is 3.17. The minimum atomic E-state index is -0.117. The fourth-order valence-corrected chi connectivity index (χ4v) is 3.05. The first-order valence-electron chi connectivity index (χ1n) is 7.74. The van der Waals surface area contributed by atoms with Crippen molar-refractivity contribution in [2.24, 2.45) is 5.92 Å². The molecule has 2 N–H and O–H groups in total. The molecule has 0 bridgehead atoms. The van der Waals surface area contributed by atoms with Gasteiger partial charge in [0.15, 0.2) is 0 Å². The van der Waals surface area contributed by atoms with Crippen molar-refractivity contribution in [1.82, 2.24) is 14.9 Å². The van der Waals surface area contributed by atoms with Crippen molar-refractivity contribution in [1.29, 1.82) is 0 Å². The van der Waals surface area contributed by atoms with Crippen molar-refractivity contribution in [3.05, 3.63) is 48.5 Å². The van der Waals surface area contributed by atoms with Crippen LogP contribution in [0.25, 0.3) is 5.69 Å². The molecule has 0 amide bonds. The van der Waals surface area contributed by atoms with Gasteiger partial charge in [-0.25, -0.2) is 4.98 Å². The number of rotatable bonds is 5. The predicted octanol–water partition coefficient (Wildman–Crippen LogP) is 2.68. The van der Waals surface area contributed by atoms with E-state index in [0.717, 1.165) is 31.5 Å². The average molecular weight is 285 g/mol. The van der Waals surface area contributed by atoms with E-state index in [-0.39, 0.29) is 6.10 Å². The van der Waals surface area contributed by atoms with Crippen molar-refractivity contribution in [3.8, 4) is 5.69 Å². The van der Waals surface area contributed by atoms with Gasteiger partial charge in [-0.1, -0.05) is 18.6 Å². The van der Waals surface area contributed by atoms with Crippen LogP contribution in [0.1, 0.15) is 37.8 Å². The van der Waals surface area contributed by atoms with Gasteiger partial charge in [-0.2, -0.15) is 0 Å². The van der Waals surface area contributed by atoms with Crippen LogP contribution in [0.15, 0.2) is 43.0 Å². The lowest BCUT2D eigenvalue weighted by molar-refractivity contribution is 0.130. The summed E-state index contributed by atoms with van der Waals surface area (Å²) in [5.74, 6) is 0.415. The molecular formula is C17H23N3O. The van der Waals surface area contributed by atoms with Crippen LogP contribution < -0.4 is 5.32 Å². The Labute approximate surface area is 125 Å². The van der Waals surface area contributed by atoms with E-state index < -0.39 is 0 Å². The Kier molecular flexibility index (Phi) is 4.36. The molecule has 0 radical (unpaired) electrons. The monoisotopic (exact) mass is 285 g/mol. The Morgan fingerprint density at radius 1 is 1.33 bits per heavy atom.